The van der Waals surface area contributed by atoms with Crippen LogP contribution in [0.25, 0.3) is 0 Å². The number of piperidine rings is 1. The van der Waals surface area contributed by atoms with Crippen molar-refractivity contribution in [3.63, 3.8) is 0 Å². The second-order valence-electron chi connectivity index (χ2n) is 7.25. The maximum Gasteiger partial charge on any atom is 0.409 e. The molecule has 1 saturated heterocycles. The Kier molecular flexibility index (Phi) is 4.98. The number of carbonyl (C=O) groups is 1. The minimum Gasteiger partial charge on any atom is -0.453 e. The molecule has 1 aromatic heterocycles. The number of aromatic nitrogens is 1. The molecule has 2 rings (SSSR count). The van der Waals surface area contributed by atoms with Crippen LogP contribution in [0, 0.1) is 5.41 Å². The van der Waals surface area contributed by atoms with Crippen LogP contribution in [0.1, 0.15) is 58.1 Å². The molecule has 1 fully saturated rings. The molecule has 1 amide bonds. The highest BCUT2D eigenvalue weighted by atomic mass is 16.5. The number of H-pyrrole nitrogens is 1. The minimum absolute atomic E-state index is 0.116. The number of carbonyl (C=O) groups excluding carboxylic acids is 1. The van der Waals surface area contributed by atoms with Gasteiger partial charge in [-0.1, -0.05) is 20.8 Å². The van der Waals surface area contributed by atoms with Gasteiger partial charge in [-0.3, -0.25) is 4.79 Å². The van der Waals surface area contributed by atoms with Crippen LogP contribution >= 0.6 is 0 Å². The van der Waals surface area contributed by atoms with E-state index in [0.29, 0.717) is 12.3 Å². The molecule has 0 bridgehead atoms. The summed E-state index contributed by atoms with van der Waals surface area (Å²) in [7, 11) is 1.42. The summed E-state index contributed by atoms with van der Waals surface area (Å²) in [6.45, 7) is 7.21. The molecular weight excluding hydrogens is 284 g/mol. The average Bonchev–Trinajstić information content (AvgIpc) is 2.90. The van der Waals surface area contributed by atoms with E-state index in [4.69, 9.17) is 9.26 Å². The van der Waals surface area contributed by atoms with Gasteiger partial charge in [-0.05, 0) is 31.1 Å². The molecule has 2 heterocycles. The van der Waals surface area contributed by atoms with Gasteiger partial charge in [0, 0.05) is 24.6 Å². The lowest BCUT2D eigenvalue weighted by Crippen LogP contribution is -2.46. The third kappa shape index (κ3) is 4.15. The maximum atomic E-state index is 12.0. The van der Waals surface area contributed by atoms with Gasteiger partial charge in [0.2, 0.25) is 0 Å². The normalized spacial score (nSPS) is 22.6. The fourth-order valence-corrected chi connectivity index (χ4v) is 3.04. The van der Waals surface area contributed by atoms with Gasteiger partial charge in [-0.25, -0.2) is 4.79 Å². The van der Waals surface area contributed by atoms with Crippen molar-refractivity contribution in [2.45, 2.75) is 58.4 Å². The summed E-state index contributed by atoms with van der Waals surface area (Å²) in [6.07, 6.45) is 3.25. The van der Waals surface area contributed by atoms with Crippen LogP contribution < -0.4 is 5.56 Å². The monoisotopic (exact) mass is 310 g/mol. The van der Waals surface area contributed by atoms with E-state index in [1.165, 1.54) is 13.2 Å². The van der Waals surface area contributed by atoms with Crippen molar-refractivity contribution in [3.8, 4) is 0 Å². The number of aromatic amines is 1. The second-order valence-corrected chi connectivity index (χ2v) is 7.25. The van der Waals surface area contributed by atoms with E-state index in [9.17, 15) is 9.59 Å². The van der Waals surface area contributed by atoms with Crippen molar-refractivity contribution in [2.24, 2.45) is 5.41 Å². The van der Waals surface area contributed by atoms with Crippen molar-refractivity contribution in [1.82, 2.24) is 10.1 Å². The van der Waals surface area contributed by atoms with E-state index in [2.05, 4.69) is 25.9 Å². The van der Waals surface area contributed by atoms with Crippen molar-refractivity contribution < 1.29 is 14.1 Å². The molecule has 1 aromatic rings. The smallest absolute Gasteiger partial charge is 0.409 e. The molecule has 0 unspecified atom stereocenters. The zero-order chi connectivity index (χ0) is 16.3. The van der Waals surface area contributed by atoms with E-state index in [0.717, 1.165) is 25.7 Å². The Labute approximate surface area is 130 Å². The lowest BCUT2D eigenvalue weighted by atomic mass is 9.82. The lowest BCUT2D eigenvalue weighted by Gasteiger charge is -2.38. The third-order valence-electron chi connectivity index (χ3n) is 4.30. The van der Waals surface area contributed by atoms with E-state index in [1.807, 2.05) is 4.90 Å². The zero-order valence-electron chi connectivity index (χ0n) is 13.8. The van der Waals surface area contributed by atoms with Crippen LogP contribution in [0.2, 0.25) is 0 Å². The summed E-state index contributed by atoms with van der Waals surface area (Å²) in [5.74, 6) is 0.861. The number of hydrogen-bond acceptors (Lipinski definition) is 4. The van der Waals surface area contributed by atoms with Crippen molar-refractivity contribution in [2.75, 3.05) is 13.7 Å². The summed E-state index contributed by atoms with van der Waals surface area (Å²) >= 11 is 0. The van der Waals surface area contributed by atoms with E-state index >= 15 is 0 Å². The number of hydrogen-bond donors (Lipinski definition) is 1. The van der Waals surface area contributed by atoms with Gasteiger partial charge < -0.3 is 14.2 Å². The summed E-state index contributed by atoms with van der Waals surface area (Å²) in [6, 6.07) is 1.63. The number of amides is 1. The van der Waals surface area contributed by atoms with Crippen molar-refractivity contribution >= 4 is 6.09 Å². The van der Waals surface area contributed by atoms with Crippen molar-refractivity contribution in [3.05, 3.63) is 22.2 Å². The fraction of sp³-hybridized carbons (Fsp3) is 0.750. The number of ether oxygens (including phenoxy) is 1. The van der Waals surface area contributed by atoms with E-state index in [1.54, 1.807) is 0 Å². The predicted molar refractivity (Wildman–Crippen MR) is 82.9 cm³/mol. The molecule has 124 valence electrons. The average molecular weight is 310 g/mol. The van der Waals surface area contributed by atoms with Crippen LogP contribution in [0.3, 0.4) is 0 Å². The zero-order valence-corrected chi connectivity index (χ0v) is 13.8. The quantitative estimate of drug-likeness (QED) is 0.930. The fourth-order valence-electron chi connectivity index (χ4n) is 3.04. The number of nitrogens with zero attached hydrogens (tertiary/aromatic N) is 1. The molecule has 2 atom stereocenters. The molecule has 6 nitrogen and oxygen atoms in total. The maximum absolute atomic E-state index is 12.0. The highest BCUT2D eigenvalue weighted by molar-refractivity contribution is 5.68. The molecule has 0 spiro atoms. The Morgan fingerprint density at radius 2 is 2.23 bits per heavy atom. The molecule has 22 heavy (non-hydrogen) atoms. The number of nitrogens with one attached hydrogen (secondary N) is 1. The molecule has 1 N–H and O–H groups in total. The van der Waals surface area contributed by atoms with Crippen LogP contribution in [-0.2, 0) is 4.74 Å². The largest absolute Gasteiger partial charge is 0.453 e. The number of likely N-dealkylation sites (tertiary alicyclic amines) is 1. The highest BCUT2D eigenvalue weighted by Gasteiger charge is 2.34. The van der Waals surface area contributed by atoms with Gasteiger partial charge >= 0.3 is 6.09 Å². The van der Waals surface area contributed by atoms with Gasteiger partial charge in [-0.15, -0.1) is 0 Å². The van der Waals surface area contributed by atoms with Crippen LogP contribution in [0.4, 0.5) is 4.79 Å². The molecular formula is C16H26N2O4. The molecule has 0 saturated carbocycles. The van der Waals surface area contributed by atoms with Gasteiger partial charge in [0.25, 0.3) is 5.56 Å². The second kappa shape index (κ2) is 6.58. The SMILES string of the molecule is COC(=O)N1CC[C@@H](c2cc(=O)[nH]o2)C[C@H]1CCC(C)(C)C. The first-order valence-electron chi connectivity index (χ1n) is 7.83. The Bertz CT molecular complexity index is 555. The first kappa shape index (κ1) is 16.6. The molecule has 1 aliphatic rings. The molecule has 6 heteroatoms. The van der Waals surface area contributed by atoms with Gasteiger partial charge in [0.05, 0.1) is 7.11 Å². The topological polar surface area (TPSA) is 75.5 Å². The Morgan fingerprint density at radius 3 is 2.77 bits per heavy atom. The first-order valence-corrected chi connectivity index (χ1v) is 7.83. The van der Waals surface area contributed by atoms with E-state index in [-0.39, 0.29) is 29.0 Å². The minimum atomic E-state index is -0.270. The Morgan fingerprint density at radius 1 is 1.50 bits per heavy atom. The first-order chi connectivity index (χ1) is 10.3. The van der Waals surface area contributed by atoms with Crippen LogP contribution in [-0.4, -0.2) is 35.8 Å². The van der Waals surface area contributed by atoms with E-state index < -0.39 is 0 Å². The summed E-state index contributed by atoms with van der Waals surface area (Å²) in [5, 5.41) is 2.35. The van der Waals surface area contributed by atoms with Crippen LogP contribution in [0.5, 0.6) is 0 Å². The lowest BCUT2D eigenvalue weighted by molar-refractivity contribution is 0.0746. The van der Waals surface area contributed by atoms with Crippen molar-refractivity contribution in [1.29, 1.82) is 0 Å². The standard InChI is InChI=1S/C16H26N2O4/c1-16(2,3)7-5-12-9-11(13-10-14(19)17-22-13)6-8-18(12)15(20)21-4/h10-12H,5-9H2,1-4H3,(H,17,19)/t11-,12-/m1/s1. The molecule has 0 aliphatic carbocycles. The van der Waals surface area contributed by atoms with Crippen LogP contribution in [0.15, 0.2) is 15.4 Å². The third-order valence-corrected chi connectivity index (χ3v) is 4.30. The molecule has 1 aliphatic heterocycles. The molecule has 0 radical (unpaired) electrons. The van der Waals surface area contributed by atoms with Gasteiger partial charge in [0.1, 0.15) is 5.76 Å². The summed E-state index contributed by atoms with van der Waals surface area (Å²) in [4.78, 5) is 25.0. The highest BCUT2D eigenvalue weighted by Crippen LogP contribution is 2.35. The summed E-state index contributed by atoms with van der Waals surface area (Å²) in [5.41, 5.74) is 0.00619. The summed E-state index contributed by atoms with van der Waals surface area (Å²) < 4.78 is 10.2. The Balaban J connectivity index is 2.09. The Hall–Kier alpha value is -1.72. The number of methoxy groups -OCH3 is 1. The number of rotatable bonds is 3. The van der Waals surface area contributed by atoms with Gasteiger partial charge in [0.15, 0.2) is 0 Å². The predicted octanol–water partition coefficient (Wildman–Crippen LogP) is 3.11. The van der Waals surface area contributed by atoms with Gasteiger partial charge in [-0.2, -0.15) is 5.16 Å². The molecule has 0 aromatic carbocycles.